The molecule has 0 amide bonds. The predicted molar refractivity (Wildman–Crippen MR) is 118 cm³/mol. The second-order valence-corrected chi connectivity index (χ2v) is 9.32. The molecule has 4 heterocycles. The lowest BCUT2D eigenvalue weighted by Crippen LogP contribution is -2.43. The first-order chi connectivity index (χ1) is 13.7. The van der Waals surface area contributed by atoms with Crippen LogP contribution in [0.1, 0.15) is 30.1 Å². The summed E-state index contributed by atoms with van der Waals surface area (Å²) >= 11 is 6.91. The third kappa shape index (κ3) is 4.04. The van der Waals surface area contributed by atoms with E-state index in [9.17, 15) is 0 Å². The van der Waals surface area contributed by atoms with E-state index in [-0.39, 0.29) is 6.29 Å². The van der Waals surface area contributed by atoms with Crippen LogP contribution in [0.4, 0.5) is 5.82 Å². The molecule has 0 radical (unpaired) electrons. The highest BCUT2D eigenvalue weighted by Gasteiger charge is 2.26. The third-order valence-electron chi connectivity index (χ3n) is 4.48. The summed E-state index contributed by atoms with van der Waals surface area (Å²) < 4.78 is 0.857. The van der Waals surface area contributed by atoms with Gasteiger partial charge in [-0.05, 0) is 40.2 Å². The summed E-state index contributed by atoms with van der Waals surface area (Å²) in [7, 11) is 0. The molecule has 0 spiro atoms. The number of hydrogen-bond donors (Lipinski definition) is 4. The van der Waals surface area contributed by atoms with E-state index in [1.165, 1.54) is 23.4 Å². The monoisotopic (exact) mass is 475 g/mol. The largest absolute Gasteiger partial charge is 0.337 e. The second-order valence-electron chi connectivity index (χ2n) is 6.66. The van der Waals surface area contributed by atoms with Crippen molar-refractivity contribution in [1.82, 2.24) is 25.8 Å². The summed E-state index contributed by atoms with van der Waals surface area (Å²) in [5.41, 5.74) is 2.21. The predicted octanol–water partition coefficient (Wildman–Crippen LogP) is 4.20. The Morgan fingerprint density at radius 3 is 3.04 bits per heavy atom. The molecule has 28 heavy (non-hydrogen) atoms. The SMILES string of the molecule is BrC1=C(Nc2cc(C3CC3)[nH]n2)NC(NCc2csc(-c3cccs3)n2)N=C1. The summed E-state index contributed by atoms with van der Waals surface area (Å²) in [6.45, 7) is 0.635. The number of aliphatic imine (C=N–C) groups is 1. The Hall–Kier alpha value is -2.01. The fourth-order valence-electron chi connectivity index (χ4n) is 2.88. The lowest BCUT2D eigenvalue weighted by molar-refractivity contribution is 0.470. The van der Waals surface area contributed by atoms with Gasteiger partial charge in [0.05, 0.1) is 15.1 Å². The van der Waals surface area contributed by atoms with Crippen molar-refractivity contribution in [2.45, 2.75) is 31.6 Å². The van der Waals surface area contributed by atoms with Gasteiger partial charge in [0.25, 0.3) is 0 Å². The van der Waals surface area contributed by atoms with Crippen LogP contribution in [0, 0.1) is 0 Å². The van der Waals surface area contributed by atoms with Crippen molar-refractivity contribution in [2.75, 3.05) is 5.32 Å². The van der Waals surface area contributed by atoms with Crippen molar-refractivity contribution in [3.05, 3.63) is 50.7 Å². The number of nitrogens with one attached hydrogen (secondary N) is 4. The lowest BCUT2D eigenvalue weighted by Gasteiger charge is -2.23. The van der Waals surface area contributed by atoms with Crippen molar-refractivity contribution in [3.8, 4) is 9.88 Å². The molecule has 1 aliphatic heterocycles. The molecule has 1 fully saturated rings. The van der Waals surface area contributed by atoms with Crippen LogP contribution in [-0.4, -0.2) is 27.7 Å². The summed E-state index contributed by atoms with van der Waals surface area (Å²) in [6.07, 6.45) is 4.05. The van der Waals surface area contributed by atoms with Gasteiger partial charge in [-0.15, -0.1) is 22.7 Å². The van der Waals surface area contributed by atoms with Gasteiger partial charge in [-0.1, -0.05) is 6.07 Å². The first-order valence-corrected chi connectivity index (χ1v) is 11.5. The van der Waals surface area contributed by atoms with E-state index < -0.39 is 0 Å². The number of rotatable bonds is 7. The van der Waals surface area contributed by atoms with Crippen molar-refractivity contribution in [3.63, 3.8) is 0 Å². The summed E-state index contributed by atoms with van der Waals surface area (Å²) in [6, 6.07) is 6.21. The number of aromatic nitrogens is 3. The number of H-pyrrole nitrogens is 1. The standard InChI is InChI=1S/C18H18BrN7S2/c19-12-8-21-18(20-7-11-9-28-17(22-11)14-2-1-5-27-14)24-16(12)23-15-6-13(25-26-15)10-3-4-10/h1-2,5-6,8-10,18,20,24H,3-4,7H2,(H2,23,25,26). The molecular weight excluding hydrogens is 458 g/mol. The Balaban J connectivity index is 1.18. The maximum absolute atomic E-state index is 4.70. The molecule has 0 aromatic carbocycles. The Kier molecular flexibility index (Phi) is 5.02. The Bertz CT molecular complexity index is 1020. The number of allylic oxidation sites excluding steroid dienone is 1. The first kappa shape index (κ1) is 18.0. The van der Waals surface area contributed by atoms with Gasteiger partial charge in [0.2, 0.25) is 0 Å². The summed E-state index contributed by atoms with van der Waals surface area (Å²) in [4.78, 5) is 10.4. The topological polar surface area (TPSA) is 90.0 Å². The van der Waals surface area contributed by atoms with E-state index in [1.807, 2.05) is 6.07 Å². The van der Waals surface area contributed by atoms with Crippen LogP contribution in [0.15, 0.2) is 44.3 Å². The quantitative estimate of drug-likeness (QED) is 0.411. The Morgan fingerprint density at radius 2 is 2.21 bits per heavy atom. The van der Waals surface area contributed by atoms with E-state index in [0.29, 0.717) is 12.5 Å². The molecule has 1 aliphatic carbocycles. The van der Waals surface area contributed by atoms with E-state index in [4.69, 9.17) is 4.98 Å². The number of anilines is 1. The highest BCUT2D eigenvalue weighted by Crippen LogP contribution is 2.39. The van der Waals surface area contributed by atoms with Gasteiger partial charge in [-0.2, -0.15) is 5.10 Å². The van der Waals surface area contributed by atoms with Crippen LogP contribution in [0.3, 0.4) is 0 Å². The van der Waals surface area contributed by atoms with E-state index in [0.717, 1.165) is 26.8 Å². The fraction of sp³-hybridized carbons (Fsp3) is 0.278. The van der Waals surface area contributed by atoms with Crippen LogP contribution >= 0.6 is 38.6 Å². The molecule has 7 nitrogen and oxygen atoms in total. The van der Waals surface area contributed by atoms with Gasteiger partial charge >= 0.3 is 0 Å². The maximum atomic E-state index is 4.70. The van der Waals surface area contributed by atoms with Crippen LogP contribution in [-0.2, 0) is 6.54 Å². The normalized spacial score (nSPS) is 19.1. The van der Waals surface area contributed by atoms with E-state index in [2.05, 4.69) is 70.0 Å². The molecule has 2 aliphatic rings. The molecule has 10 heteroatoms. The van der Waals surface area contributed by atoms with Gasteiger partial charge in [0.1, 0.15) is 10.8 Å². The van der Waals surface area contributed by atoms with Gasteiger partial charge in [0.15, 0.2) is 12.1 Å². The molecule has 1 unspecified atom stereocenters. The minimum Gasteiger partial charge on any atom is -0.337 e. The highest BCUT2D eigenvalue weighted by atomic mass is 79.9. The van der Waals surface area contributed by atoms with E-state index in [1.54, 1.807) is 28.9 Å². The van der Waals surface area contributed by atoms with Gasteiger partial charge in [0, 0.05) is 35.8 Å². The van der Waals surface area contributed by atoms with Gasteiger partial charge in [-0.3, -0.25) is 15.4 Å². The molecule has 5 rings (SSSR count). The maximum Gasteiger partial charge on any atom is 0.175 e. The number of halogens is 1. The minimum atomic E-state index is -0.238. The lowest BCUT2D eigenvalue weighted by atomic mass is 10.3. The number of nitrogens with zero attached hydrogens (tertiary/aromatic N) is 3. The number of aromatic amines is 1. The molecule has 3 aromatic heterocycles. The zero-order valence-corrected chi connectivity index (χ0v) is 18.0. The van der Waals surface area contributed by atoms with Crippen molar-refractivity contribution in [1.29, 1.82) is 0 Å². The zero-order chi connectivity index (χ0) is 18.9. The minimum absolute atomic E-state index is 0.238. The summed E-state index contributed by atoms with van der Waals surface area (Å²) in [5.74, 6) is 2.28. The molecule has 0 saturated heterocycles. The zero-order valence-electron chi connectivity index (χ0n) is 14.8. The number of hydrogen-bond acceptors (Lipinski definition) is 8. The Morgan fingerprint density at radius 1 is 1.29 bits per heavy atom. The van der Waals surface area contributed by atoms with Crippen molar-refractivity contribution >= 4 is 50.6 Å². The van der Waals surface area contributed by atoms with Gasteiger partial charge in [-0.25, -0.2) is 4.98 Å². The van der Waals surface area contributed by atoms with Crippen LogP contribution in [0.25, 0.3) is 9.88 Å². The molecule has 0 bridgehead atoms. The smallest absolute Gasteiger partial charge is 0.175 e. The number of thiophene rings is 1. The average molecular weight is 476 g/mol. The van der Waals surface area contributed by atoms with Gasteiger partial charge < -0.3 is 10.6 Å². The van der Waals surface area contributed by atoms with Crippen LogP contribution in [0.2, 0.25) is 0 Å². The average Bonchev–Trinajstić information content (AvgIpc) is 3.12. The molecule has 3 aromatic rings. The fourth-order valence-corrected chi connectivity index (χ4v) is 4.85. The number of thiazole rings is 1. The van der Waals surface area contributed by atoms with Crippen LogP contribution in [0.5, 0.6) is 0 Å². The molecular formula is C18H18BrN7S2. The van der Waals surface area contributed by atoms with Crippen molar-refractivity contribution in [2.24, 2.45) is 4.99 Å². The van der Waals surface area contributed by atoms with Crippen molar-refractivity contribution < 1.29 is 0 Å². The molecule has 1 atom stereocenters. The molecule has 1 saturated carbocycles. The second kappa shape index (κ2) is 7.78. The summed E-state index contributed by atoms with van der Waals surface area (Å²) in [5, 5.41) is 22.7. The van der Waals surface area contributed by atoms with E-state index >= 15 is 0 Å². The molecule has 144 valence electrons. The van der Waals surface area contributed by atoms with Crippen LogP contribution < -0.4 is 16.0 Å². The Labute approximate surface area is 178 Å². The first-order valence-electron chi connectivity index (χ1n) is 8.98. The highest BCUT2D eigenvalue weighted by molar-refractivity contribution is 9.12. The molecule has 4 N–H and O–H groups in total. The third-order valence-corrected chi connectivity index (χ3v) is 7.02.